The smallest absolute Gasteiger partial charge is 0.260 e. The molecule has 0 spiro atoms. The molecule has 2 heterocycles. The van der Waals surface area contributed by atoms with Gasteiger partial charge in [0.25, 0.3) is 5.56 Å². The average molecular weight is 487 g/mol. The first-order valence-electron chi connectivity index (χ1n) is 10.9. The van der Waals surface area contributed by atoms with Gasteiger partial charge in [0, 0.05) is 23.8 Å². The van der Waals surface area contributed by atoms with E-state index in [4.69, 9.17) is 11.2 Å². The van der Waals surface area contributed by atoms with Crippen LogP contribution in [0.15, 0.2) is 52.1 Å². The van der Waals surface area contributed by atoms with Crippen molar-refractivity contribution in [2.24, 2.45) is 5.92 Å². The highest BCUT2D eigenvalue weighted by Gasteiger charge is 2.34. The fourth-order valence-corrected chi connectivity index (χ4v) is 5.94. The maximum absolute atomic E-state index is 15.3. The Balaban J connectivity index is 1.91. The monoisotopic (exact) mass is 486 g/mol. The Morgan fingerprint density at radius 3 is 2.85 bits per heavy atom. The molecule has 34 heavy (non-hydrogen) atoms. The molecule has 3 unspecified atom stereocenters. The number of alkyl halides is 1. The Hall–Kier alpha value is -2.89. The van der Waals surface area contributed by atoms with Gasteiger partial charge < -0.3 is 10.1 Å². The third kappa shape index (κ3) is 4.30. The number of aromatic nitrogens is 1. The van der Waals surface area contributed by atoms with Gasteiger partial charge in [0.2, 0.25) is 0 Å². The lowest BCUT2D eigenvalue weighted by molar-refractivity contribution is 0.271. The van der Waals surface area contributed by atoms with Crippen molar-refractivity contribution in [2.75, 3.05) is 26.0 Å². The third-order valence-electron chi connectivity index (χ3n) is 6.29. The summed E-state index contributed by atoms with van der Waals surface area (Å²) in [6.07, 6.45) is 7.83. The minimum atomic E-state index is -1.49. The molecule has 1 aliphatic carbocycles. The Morgan fingerprint density at radius 2 is 2.15 bits per heavy atom. The SMILES string of the molecule is C#CCNCC1CSc2c(CC3C(F)=CC=CC3F)c(C)c(-c3cccc(OC)c3F)c(=O)n21. The molecule has 0 saturated carbocycles. The van der Waals surface area contributed by atoms with Crippen LogP contribution in [-0.4, -0.2) is 36.7 Å². The number of fused-ring (bicyclic) bond motifs is 1. The lowest BCUT2D eigenvalue weighted by Crippen LogP contribution is -2.34. The minimum Gasteiger partial charge on any atom is -0.494 e. The molecule has 0 saturated heterocycles. The summed E-state index contributed by atoms with van der Waals surface area (Å²) >= 11 is 1.47. The fourth-order valence-electron chi connectivity index (χ4n) is 4.54. The van der Waals surface area contributed by atoms with Crippen LogP contribution >= 0.6 is 11.8 Å². The van der Waals surface area contributed by atoms with Crippen LogP contribution in [0.4, 0.5) is 13.2 Å². The van der Waals surface area contributed by atoms with E-state index < -0.39 is 23.7 Å². The van der Waals surface area contributed by atoms with Gasteiger partial charge in [-0.3, -0.25) is 9.36 Å². The molecular weight excluding hydrogens is 461 g/mol. The van der Waals surface area contributed by atoms with Gasteiger partial charge in [-0.25, -0.2) is 13.2 Å². The average Bonchev–Trinajstić information content (AvgIpc) is 3.23. The van der Waals surface area contributed by atoms with Crippen LogP contribution in [0.25, 0.3) is 11.1 Å². The highest BCUT2D eigenvalue weighted by molar-refractivity contribution is 7.99. The molecule has 2 aliphatic rings. The van der Waals surface area contributed by atoms with Gasteiger partial charge in [-0.1, -0.05) is 24.1 Å². The first kappa shape index (κ1) is 24.2. The highest BCUT2D eigenvalue weighted by atomic mass is 32.2. The quantitative estimate of drug-likeness (QED) is 0.453. The number of pyridine rings is 1. The number of nitrogens with one attached hydrogen (secondary N) is 1. The summed E-state index contributed by atoms with van der Waals surface area (Å²) in [4.78, 5) is 13.8. The van der Waals surface area contributed by atoms with Gasteiger partial charge in [-0.15, -0.1) is 18.2 Å². The molecule has 2 aromatic rings. The first-order chi connectivity index (χ1) is 16.4. The zero-order valence-electron chi connectivity index (χ0n) is 18.9. The second-order valence-corrected chi connectivity index (χ2v) is 9.28. The molecule has 1 aliphatic heterocycles. The number of methoxy groups -OCH3 is 1. The Labute approximate surface area is 200 Å². The van der Waals surface area contributed by atoms with Crippen molar-refractivity contribution in [1.82, 2.24) is 9.88 Å². The van der Waals surface area contributed by atoms with E-state index in [0.717, 1.165) is 0 Å². The van der Waals surface area contributed by atoms with Crippen molar-refractivity contribution in [3.63, 3.8) is 0 Å². The lowest BCUT2D eigenvalue weighted by atomic mass is 9.87. The number of thioether (sulfide) groups is 1. The maximum atomic E-state index is 15.3. The molecule has 1 aromatic carbocycles. The van der Waals surface area contributed by atoms with Crippen LogP contribution in [0.3, 0.4) is 0 Å². The molecule has 4 nitrogen and oxygen atoms in total. The van der Waals surface area contributed by atoms with Crippen LogP contribution in [0.2, 0.25) is 0 Å². The van der Waals surface area contributed by atoms with E-state index in [1.54, 1.807) is 17.6 Å². The highest BCUT2D eigenvalue weighted by Crippen LogP contribution is 2.41. The van der Waals surface area contributed by atoms with Crippen LogP contribution < -0.4 is 15.6 Å². The van der Waals surface area contributed by atoms with E-state index in [-0.39, 0.29) is 34.9 Å². The fraction of sp³-hybridized carbons (Fsp3) is 0.346. The molecule has 178 valence electrons. The maximum Gasteiger partial charge on any atom is 0.260 e. The second-order valence-electron chi connectivity index (χ2n) is 8.27. The van der Waals surface area contributed by atoms with Crippen LogP contribution in [0.5, 0.6) is 5.75 Å². The van der Waals surface area contributed by atoms with E-state index in [1.165, 1.54) is 49.2 Å². The molecular formula is C26H25F3N2O2S. The number of nitrogens with zero attached hydrogens (tertiary/aromatic N) is 1. The molecule has 0 bridgehead atoms. The molecule has 1 N–H and O–H groups in total. The van der Waals surface area contributed by atoms with Crippen LogP contribution in [0.1, 0.15) is 17.2 Å². The van der Waals surface area contributed by atoms with Crippen molar-refractivity contribution in [1.29, 1.82) is 0 Å². The minimum absolute atomic E-state index is 0.0141. The van der Waals surface area contributed by atoms with E-state index in [2.05, 4.69) is 11.2 Å². The van der Waals surface area contributed by atoms with Gasteiger partial charge in [0.15, 0.2) is 11.6 Å². The summed E-state index contributed by atoms with van der Waals surface area (Å²) < 4.78 is 51.3. The third-order valence-corrected chi connectivity index (χ3v) is 7.56. The second kappa shape index (κ2) is 10.2. The standard InChI is InChI=1S/C26H25F3N2O2S/c1-4-11-30-13-16-14-34-26-18(12-19-20(27)8-6-9-21(19)28)15(2)23(25(32)31(16)26)17-7-5-10-22(33-3)24(17)29/h1,5-10,16,19-20,30H,11-14H2,2-3H3. The predicted molar refractivity (Wildman–Crippen MR) is 129 cm³/mol. The Morgan fingerprint density at radius 1 is 1.35 bits per heavy atom. The summed E-state index contributed by atoms with van der Waals surface area (Å²) in [6.45, 7) is 2.50. The number of ether oxygens (including phenoxy) is 1. The van der Waals surface area contributed by atoms with Crippen LogP contribution in [-0.2, 0) is 6.42 Å². The molecule has 4 rings (SSSR count). The number of hydrogen-bond donors (Lipinski definition) is 1. The zero-order chi connectivity index (χ0) is 24.4. The summed E-state index contributed by atoms with van der Waals surface area (Å²) in [5, 5.41) is 3.79. The summed E-state index contributed by atoms with van der Waals surface area (Å²) in [5.41, 5.74) is 1.08. The van der Waals surface area contributed by atoms with Crippen LogP contribution in [0, 0.1) is 31.0 Å². The van der Waals surface area contributed by atoms with Crippen molar-refractivity contribution < 1.29 is 17.9 Å². The van der Waals surface area contributed by atoms with Gasteiger partial charge in [-0.2, -0.15) is 0 Å². The van der Waals surface area contributed by atoms with E-state index >= 15 is 4.39 Å². The van der Waals surface area contributed by atoms with Gasteiger partial charge >= 0.3 is 0 Å². The van der Waals surface area contributed by atoms with Crippen molar-refractivity contribution in [3.8, 4) is 29.2 Å². The Kier molecular flexibility index (Phi) is 7.24. The number of benzene rings is 1. The molecule has 0 radical (unpaired) electrons. The van der Waals surface area contributed by atoms with E-state index in [9.17, 15) is 13.6 Å². The number of hydrogen-bond acceptors (Lipinski definition) is 4. The number of rotatable bonds is 7. The van der Waals surface area contributed by atoms with Crippen molar-refractivity contribution in [2.45, 2.75) is 30.6 Å². The molecule has 3 atom stereocenters. The molecule has 8 heteroatoms. The molecule has 1 aromatic heterocycles. The molecule has 0 amide bonds. The predicted octanol–water partition coefficient (Wildman–Crippen LogP) is 4.76. The number of terminal acetylenes is 1. The lowest BCUT2D eigenvalue weighted by Gasteiger charge is -2.25. The van der Waals surface area contributed by atoms with Crippen molar-refractivity contribution in [3.05, 3.63) is 69.6 Å². The first-order valence-corrected chi connectivity index (χ1v) is 11.9. The van der Waals surface area contributed by atoms with Gasteiger partial charge in [-0.05, 0) is 42.7 Å². The van der Waals surface area contributed by atoms with Gasteiger partial charge in [0.05, 0.1) is 30.3 Å². The largest absolute Gasteiger partial charge is 0.494 e. The van der Waals surface area contributed by atoms with Crippen molar-refractivity contribution >= 4 is 11.8 Å². The summed E-state index contributed by atoms with van der Waals surface area (Å²) in [7, 11) is 1.35. The summed E-state index contributed by atoms with van der Waals surface area (Å²) in [6, 6.07) is 4.37. The van der Waals surface area contributed by atoms with E-state index in [1.807, 2.05) is 0 Å². The zero-order valence-corrected chi connectivity index (χ0v) is 19.7. The summed E-state index contributed by atoms with van der Waals surface area (Å²) in [5.74, 6) is 0.898. The van der Waals surface area contributed by atoms with Gasteiger partial charge in [0.1, 0.15) is 12.0 Å². The topological polar surface area (TPSA) is 43.3 Å². The normalized spacial score (nSPS) is 21.2. The number of halogens is 3. The number of allylic oxidation sites excluding steroid dienone is 4. The van der Waals surface area contributed by atoms with E-state index in [0.29, 0.717) is 35.0 Å². The molecule has 0 fully saturated rings. The Bertz CT molecular complexity index is 1260.